The zero-order chi connectivity index (χ0) is 17.6. The summed E-state index contributed by atoms with van der Waals surface area (Å²) in [5.41, 5.74) is 1.42. The molecule has 1 unspecified atom stereocenters. The molecule has 0 heterocycles. The number of nitrogens with zero attached hydrogens (tertiary/aromatic N) is 1. The van der Waals surface area contributed by atoms with E-state index in [9.17, 15) is 8.42 Å². The van der Waals surface area contributed by atoms with Crippen LogP contribution in [0, 0.1) is 14.9 Å². The van der Waals surface area contributed by atoms with Gasteiger partial charge in [0.05, 0.1) is 23.9 Å². The molecule has 1 N–H and O–H groups in total. The van der Waals surface area contributed by atoms with Gasteiger partial charge >= 0.3 is 0 Å². The standard InChI is InChI=1S/C17H17IN2O3S/c1-24(21,22)20-16(10-13-3-2-4-14(9-13)11-19)12-23-17-7-5-15(18)6-8-17/h2-9,16,20H,10,12H2,1H3. The predicted octanol–water partition coefficient (Wildman–Crippen LogP) is 2.70. The quantitative estimate of drug-likeness (QED) is 0.650. The Hall–Kier alpha value is -1.63. The van der Waals surface area contributed by atoms with E-state index in [0.717, 1.165) is 15.4 Å². The molecule has 0 saturated heterocycles. The monoisotopic (exact) mass is 456 g/mol. The normalized spacial score (nSPS) is 12.4. The second-order valence-electron chi connectivity index (χ2n) is 5.37. The highest BCUT2D eigenvalue weighted by Gasteiger charge is 2.16. The number of halogens is 1. The molecule has 0 amide bonds. The van der Waals surface area contributed by atoms with Crippen LogP contribution in [-0.2, 0) is 16.4 Å². The van der Waals surface area contributed by atoms with Crippen LogP contribution in [-0.4, -0.2) is 27.3 Å². The molecule has 0 saturated carbocycles. The molecule has 0 aliphatic carbocycles. The first kappa shape index (κ1) is 18.7. The van der Waals surface area contributed by atoms with Crippen LogP contribution < -0.4 is 9.46 Å². The van der Waals surface area contributed by atoms with Crippen molar-refractivity contribution in [3.63, 3.8) is 0 Å². The summed E-state index contributed by atoms with van der Waals surface area (Å²) in [6.07, 6.45) is 1.56. The van der Waals surface area contributed by atoms with Gasteiger partial charge in [-0.15, -0.1) is 0 Å². The summed E-state index contributed by atoms with van der Waals surface area (Å²) in [6.45, 7) is 0.199. The predicted molar refractivity (Wildman–Crippen MR) is 101 cm³/mol. The average molecular weight is 456 g/mol. The van der Waals surface area contributed by atoms with Crippen molar-refractivity contribution in [2.75, 3.05) is 12.9 Å². The molecule has 0 radical (unpaired) electrons. The third-order valence-corrected chi connectivity index (χ3v) is 4.66. The minimum Gasteiger partial charge on any atom is -0.492 e. The lowest BCUT2D eigenvalue weighted by molar-refractivity contribution is 0.278. The largest absolute Gasteiger partial charge is 0.492 e. The van der Waals surface area contributed by atoms with E-state index in [-0.39, 0.29) is 6.61 Å². The van der Waals surface area contributed by atoms with Gasteiger partial charge in [0.15, 0.2) is 0 Å². The Labute approximate surface area is 155 Å². The summed E-state index contributed by atoms with van der Waals surface area (Å²) < 4.78 is 32.6. The van der Waals surface area contributed by atoms with Gasteiger partial charge in [-0.1, -0.05) is 12.1 Å². The molecule has 0 spiro atoms. The summed E-state index contributed by atoms with van der Waals surface area (Å²) in [7, 11) is -3.37. The first-order valence-electron chi connectivity index (χ1n) is 7.20. The van der Waals surface area contributed by atoms with E-state index < -0.39 is 16.1 Å². The third-order valence-electron chi connectivity index (χ3n) is 3.18. The molecule has 7 heteroatoms. The molecule has 2 rings (SSSR count). The van der Waals surface area contributed by atoms with Crippen molar-refractivity contribution >= 4 is 32.6 Å². The van der Waals surface area contributed by atoms with Crippen LogP contribution in [0.2, 0.25) is 0 Å². The van der Waals surface area contributed by atoms with Gasteiger partial charge in [0.1, 0.15) is 12.4 Å². The second-order valence-corrected chi connectivity index (χ2v) is 8.39. The lowest BCUT2D eigenvalue weighted by Gasteiger charge is -2.18. The highest BCUT2D eigenvalue weighted by Crippen LogP contribution is 2.15. The van der Waals surface area contributed by atoms with Gasteiger partial charge in [0.2, 0.25) is 10.0 Å². The van der Waals surface area contributed by atoms with Crippen molar-refractivity contribution in [2.45, 2.75) is 12.5 Å². The summed E-state index contributed by atoms with van der Waals surface area (Å²) in [4.78, 5) is 0. The van der Waals surface area contributed by atoms with Gasteiger partial charge < -0.3 is 4.74 Å². The van der Waals surface area contributed by atoms with Crippen molar-refractivity contribution in [1.29, 1.82) is 5.26 Å². The fourth-order valence-electron chi connectivity index (χ4n) is 2.22. The Morgan fingerprint density at radius 1 is 1.25 bits per heavy atom. The first-order valence-corrected chi connectivity index (χ1v) is 10.2. The minimum absolute atomic E-state index is 0.199. The Balaban J connectivity index is 2.09. The van der Waals surface area contributed by atoms with Crippen LogP contribution >= 0.6 is 22.6 Å². The number of nitriles is 1. The molecule has 0 aliphatic rings. The van der Waals surface area contributed by atoms with Gasteiger partial charge in [-0.05, 0) is 71.0 Å². The molecule has 0 aliphatic heterocycles. The Morgan fingerprint density at radius 3 is 2.58 bits per heavy atom. The van der Waals surface area contributed by atoms with Crippen LogP contribution in [0.3, 0.4) is 0 Å². The molecule has 0 aromatic heterocycles. The Bertz CT molecular complexity index is 830. The SMILES string of the molecule is CS(=O)(=O)NC(COc1ccc(I)cc1)Cc1cccc(C#N)c1. The van der Waals surface area contributed by atoms with Crippen LogP contribution in [0.1, 0.15) is 11.1 Å². The maximum atomic E-state index is 11.6. The van der Waals surface area contributed by atoms with Crippen LogP contribution in [0.5, 0.6) is 5.75 Å². The van der Waals surface area contributed by atoms with E-state index in [1.165, 1.54) is 0 Å². The molecule has 2 aromatic rings. The molecule has 0 bridgehead atoms. The maximum Gasteiger partial charge on any atom is 0.209 e. The summed E-state index contributed by atoms with van der Waals surface area (Å²) in [6, 6.07) is 16.3. The topological polar surface area (TPSA) is 79.2 Å². The van der Waals surface area contributed by atoms with Crippen molar-refractivity contribution in [2.24, 2.45) is 0 Å². The molecule has 2 aromatic carbocycles. The fourth-order valence-corrected chi connectivity index (χ4v) is 3.33. The van der Waals surface area contributed by atoms with Gasteiger partial charge in [-0.25, -0.2) is 13.1 Å². The molecule has 0 fully saturated rings. The van der Waals surface area contributed by atoms with Crippen molar-refractivity contribution in [1.82, 2.24) is 4.72 Å². The summed E-state index contributed by atoms with van der Waals surface area (Å²) in [5, 5.41) is 8.97. The van der Waals surface area contributed by atoms with Gasteiger partial charge in [0.25, 0.3) is 0 Å². The van der Waals surface area contributed by atoms with E-state index in [1.54, 1.807) is 18.2 Å². The molecular formula is C17H17IN2O3S. The van der Waals surface area contributed by atoms with Crippen molar-refractivity contribution in [3.05, 3.63) is 63.2 Å². The minimum atomic E-state index is -3.37. The van der Waals surface area contributed by atoms with Gasteiger partial charge in [-0.3, -0.25) is 0 Å². The lowest BCUT2D eigenvalue weighted by atomic mass is 10.0. The second kappa shape index (κ2) is 8.46. The molecule has 5 nitrogen and oxygen atoms in total. The summed E-state index contributed by atoms with van der Waals surface area (Å²) in [5.74, 6) is 0.682. The number of rotatable bonds is 7. The van der Waals surface area contributed by atoms with Crippen molar-refractivity contribution < 1.29 is 13.2 Å². The zero-order valence-corrected chi connectivity index (χ0v) is 16.0. The molecule has 126 valence electrons. The number of hydrogen-bond acceptors (Lipinski definition) is 4. The number of benzene rings is 2. The molecule has 24 heavy (non-hydrogen) atoms. The Morgan fingerprint density at radius 2 is 1.96 bits per heavy atom. The van der Waals surface area contributed by atoms with E-state index in [2.05, 4.69) is 33.4 Å². The maximum absolute atomic E-state index is 11.6. The van der Waals surface area contributed by atoms with Crippen LogP contribution in [0.25, 0.3) is 0 Å². The van der Waals surface area contributed by atoms with Gasteiger partial charge in [-0.2, -0.15) is 5.26 Å². The van der Waals surface area contributed by atoms with E-state index in [1.807, 2.05) is 30.3 Å². The fraction of sp³-hybridized carbons (Fsp3) is 0.235. The lowest BCUT2D eigenvalue weighted by Crippen LogP contribution is -2.40. The number of ether oxygens (including phenoxy) is 1. The third kappa shape index (κ3) is 6.47. The Kier molecular flexibility index (Phi) is 6.60. The van der Waals surface area contributed by atoms with Crippen LogP contribution in [0.4, 0.5) is 0 Å². The number of sulfonamides is 1. The zero-order valence-electron chi connectivity index (χ0n) is 13.1. The van der Waals surface area contributed by atoms with Crippen molar-refractivity contribution in [3.8, 4) is 11.8 Å². The van der Waals surface area contributed by atoms with E-state index >= 15 is 0 Å². The molecular weight excluding hydrogens is 439 g/mol. The van der Waals surface area contributed by atoms with Crippen LogP contribution in [0.15, 0.2) is 48.5 Å². The van der Waals surface area contributed by atoms with E-state index in [4.69, 9.17) is 10.00 Å². The summed E-state index contributed by atoms with van der Waals surface area (Å²) >= 11 is 2.20. The average Bonchev–Trinajstić information content (AvgIpc) is 2.53. The number of hydrogen-bond donors (Lipinski definition) is 1. The van der Waals surface area contributed by atoms with E-state index in [0.29, 0.717) is 17.7 Å². The highest BCUT2D eigenvalue weighted by molar-refractivity contribution is 14.1. The highest BCUT2D eigenvalue weighted by atomic mass is 127. The first-order chi connectivity index (χ1) is 11.4. The van der Waals surface area contributed by atoms with Gasteiger partial charge in [0, 0.05) is 3.57 Å². The number of nitrogens with one attached hydrogen (secondary N) is 1. The molecule has 1 atom stereocenters. The smallest absolute Gasteiger partial charge is 0.209 e.